The fourth-order valence-corrected chi connectivity index (χ4v) is 4.74. The van der Waals surface area contributed by atoms with E-state index in [-0.39, 0.29) is 34.5 Å². The van der Waals surface area contributed by atoms with Crippen LogP contribution in [0.1, 0.15) is 114 Å². The van der Waals surface area contributed by atoms with E-state index >= 15 is 0 Å². The average Bonchev–Trinajstić information content (AvgIpc) is 2.84. The number of anilines is 1. The third kappa shape index (κ3) is 8.38. The molecule has 0 amide bonds. The van der Waals surface area contributed by atoms with Gasteiger partial charge < -0.3 is 15.9 Å². The second kappa shape index (κ2) is 15.4. The van der Waals surface area contributed by atoms with Crippen LogP contribution >= 0.6 is 0 Å². The van der Waals surface area contributed by atoms with Crippen molar-refractivity contribution in [2.24, 2.45) is 5.92 Å². The maximum absolute atomic E-state index is 13.5. The molecule has 0 aromatic heterocycles. The Morgan fingerprint density at radius 2 is 1.29 bits per heavy atom. The van der Waals surface area contributed by atoms with Crippen LogP contribution in [0.25, 0.3) is 11.1 Å². The highest BCUT2D eigenvalue weighted by Gasteiger charge is 2.26. The molecule has 0 aliphatic heterocycles. The number of ketones is 1. The van der Waals surface area contributed by atoms with Crippen LogP contribution in [0, 0.1) is 5.92 Å². The Morgan fingerprint density at radius 1 is 0.794 bits per heavy atom. The number of Topliss-reactive ketones (excluding diaryl/α,β-unsaturated/α-hetero) is 1. The van der Waals surface area contributed by atoms with Crippen LogP contribution in [0.5, 0.6) is 11.5 Å². The van der Waals surface area contributed by atoms with Gasteiger partial charge in [-0.1, -0.05) is 121 Å². The summed E-state index contributed by atoms with van der Waals surface area (Å²) >= 11 is 0. The van der Waals surface area contributed by atoms with Gasteiger partial charge in [0, 0.05) is 5.92 Å². The third-order valence-corrected chi connectivity index (χ3v) is 6.83. The van der Waals surface area contributed by atoms with Crippen LogP contribution in [0.15, 0.2) is 36.4 Å². The molecule has 0 aliphatic rings. The molecule has 0 saturated carbocycles. The number of hydrogen-bond acceptors (Lipinski definition) is 4. The van der Waals surface area contributed by atoms with Crippen molar-refractivity contribution in [2.75, 3.05) is 5.73 Å². The van der Waals surface area contributed by atoms with Crippen LogP contribution < -0.4 is 5.73 Å². The first-order chi connectivity index (χ1) is 16.5. The summed E-state index contributed by atoms with van der Waals surface area (Å²) in [6, 6.07) is 10.6. The maximum atomic E-state index is 13.5. The van der Waals surface area contributed by atoms with Crippen LogP contribution in [-0.4, -0.2) is 16.0 Å². The van der Waals surface area contributed by atoms with E-state index in [4.69, 9.17) is 5.73 Å². The molecule has 4 nitrogen and oxygen atoms in total. The molecule has 0 fully saturated rings. The van der Waals surface area contributed by atoms with Crippen molar-refractivity contribution in [1.29, 1.82) is 0 Å². The van der Waals surface area contributed by atoms with Crippen LogP contribution in [0.2, 0.25) is 0 Å². The van der Waals surface area contributed by atoms with Gasteiger partial charge in [0.05, 0.1) is 16.8 Å². The van der Waals surface area contributed by atoms with E-state index in [2.05, 4.69) is 13.8 Å². The molecular weight excluding hydrogens is 422 g/mol. The molecule has 0 radical (unpaired) electrons. The molecule has 0 spiro atoms. The van der Waals surface area contributed by atoms with Crippen molar-refractivity contribution >= 4 is 11.5 Å². The Morgan fingerprint density at radius 3 is 1.85 bits per heavy atom. The summed E-state index contributed by atoms with van der Waals surface area (Å²) in [6.45, 7) is 4.42. The molecule has 0 saturated heterocycles. The Kier molecular flexibility index (Phi) is 12.6. The summed E-state index contributed by atoms with van der Waals surface area (Å²) in [5, 5.41) is 21.6. The molecule has 2 aromatic carbocycles. The van der Waals surface area contributed by atoms with Crippen molar-refractivity contribution in [2.45, 2.75) is 104 Å². The topological polar surface area (TPSA) is 83.5 Å². The lowest BCUT2D eigenvalue weighted by Crippen LogP contribution is -2.16. The standard InChI is InChI=1S/C30H45NO3/c1-3-5-7-9-10-11-12-15-21-24(20-14-8-6-4-2)29(33)25-22-26(32)27(28(31)30(25)34)23-18-16-13-17-19-23/h13,16-19,22,24,32,34H,3-12,14-15,20-21,31H2,1-2H3. The molecule has 0 bridgehead atoms. The SMILES string of the molecule is CCCCCCCCCCC(CCCCCC)C(=O)c1cc(O)c(-c2ccccc2)c(N)c1O. The Balaban J connectivity index is 2.10. The lowest BCUT2D eigenvalue weighted by Gasteiger charge is -2.19. The highest BCUT2D eigenvalue weighted by molar-refractivity contribution is 6.04. The Labute approximate surface area is 206 Å². The molecule has 2 rings (SSSR count). The van der Waals surface area contributed by atoms with Gasteiger partial charge in [0.15, 0.2) is 5.78 Å². The third-order valence-electron chi connectivity index (χ3n) is 6.83. The summed E-state index contributed by atoms with van der Waals surface area (Å²) < 4.78 is 0. The molecule has 1 atom stereocenters. The first-order valence-electron chi connectivity index (χ1n) is 13.4. The molecule has 4 N–H and O–H groups in total. The number of carbonyl (C=O) groups is 1. The largest absolute Gasteiger partial charge is 0.507 e. The molecule has 2 aromatic rings. The lowest BCUT2D eigenvalue weighted by molar-refractivity contribution is 0.0898. The normalized spacial score (nSPS) is 12.1. The van der Waals surface area contributed by atoms with Gasteiger partial charge in [-0.15, -0.1) is 0 Å². The maximum Gasteiger partial charge on any atom is 0.169 e. The highest BCUT2D eigenvalue weighted by atomic mass is 16.3. The van der Waals surface area contributed by atoms with E-state index in [1.165, 1.54) is 51.0 Å². The lowest BCUT2D eigenvalue weighted by atomic mass is 9.86. The number of benzene rings is 2. The van der Waals surface area contributed by atoms with E-state index in [9.17, 15) is 15.0 Å². The van der Waals surface area contributed by atoms with E-state index in [0.717, 1.165) is 44.9 Å². The van der Waals surface area contributed by atoms with Crippen molar-refractivity contribution in [3.8, 4) is 22.6 Å². The predicted octanol–water partition coefficient (Wildman–Crippen LogP) is 8.65. The highest BCUT2D eigenvalue weighted by Crippen LogP contribution is 2.43. The van der Waals surface area contributed by atoms with Gasteiger partial charge in [-0.25, -0.2) is 0 Å². The zero-order valence-corrected chi connectivity index (χ0v) is 21.3. The number of hydrogen-bond donors (Lipinski definition) is 3. The summed E-state index contributed by atoms with van der Waals surface area (Å²) in [5.41, 5.74) is 7.51. The van der Waals surface area contributed by atoms with Gasteiger partial charge >= 0.3 is 0 Å². The molecule has 4 heteroatoms. The minimum absolute atomic E-state index is 0.0614. The summed E-state index contributed by atoms with van der Waals surface area (Å²) in [6.07, 6.45) is 15.9. The van der Waals surface area contributed by atoms with Crippen molar-refractivity contribution in [1.82, 2.24) is 0 Å². The van der Waals surface area contributed by atoms with Crippen LogP contribution in [0.3, 0.4) is 0 Å². The minimum atomic E-state index is -0.212. The Bertz CT molecular complexity index is 863. The first kappa shape index (κ1) is 27.8. The number of carbonyl (C=O) groups excluding carboxylic acids is 1. The second-order valence-corrected chi connectivity index (χ2v) is 9.62. The summed E-state index contributed by atoms with van der Waals surface area (Å²) in [5.74, 6) is -0.527. The monoisotopic (exact) mass is 467 g/mol. The number of nitrogens with two attached hydrogens (primary N) is 1. The van der Waals surface area contributed by atoms with E-state index < -0.39 is 0 Å². The van der Waals surface area contributed by atoms with Crippen LogP contribution in [0.4, 0.5) is 5.69 Å². The van der Waals surface area contributed by atoms with Crippen molar-refractivity contribution in [3.05, 3.63) is 42.0 Å². The molecule has 0 heterocycles. The van der Waals surface area contributed by atoms with Gasteiger partial charge in [0.25, 0.3) is 0 Å². The average molecular weight is 468 g/mol. The molecule has 1 unspecified atom stereocenters. The van der Waals surface area contributed by atoms with Gasteiger partial charge in [0.2, 0.25) is 0 Å². The fraction of sp³-hybridized carbons (Fsp3) is 0.567. The number of unbranched alkanes of at least 4 members (excludes halogenated alkanes) is 10. The number of phenolic OH excluding ortho intramolecular Hbond substituents is 2. The molecular formula is C30H45NO3. The smallest absolute Gasteiger partial charge is 0.169 e. The second-order valence-electron chi connectivity index (χ2n) is 9.62. The van der Waals surface area contributed by atoms with E-state index in [1.807, 2.05) is 30.3 Å². The zero-order chi connectivity index (χ0) is 24.8. The van der Waals surface area contributed by atoms with Gasteiger partial charge in [-0.05, 0) is 24.5 Å². The summed E-state index contributed by atoms with van der Waals surface area (Å²) in [7, 11) is 0. The van der Waals surface area contributed by atoms with Gasteiger partial charge in [-0.2, -0.15) is 0 Å². The Hall–Kier alpha value is -2.49. The predicted molar refractivity (Wildman–Crippen MR) is 143 cm³/mol. The number of nitrogen functional groups attached to an aromatic ring is 1. The number of rotatable bonds is 17. The minimum Gasteiger partial charge on any atom is -0.507 e. The van der Waals surface area contributed by atoms with Gasteiger partial charge in [-0.3, -0.25) is 4.79 Å². The van der Waals surface area contributed by atoms with Crippen molar-refractivity contribution < 1.29 is 15.0 Å². The quantitative estimate of drug-likeness (QED) is 0.0714. The number of aromatic hydroxyl groups is 2. The summed E-state index contributed by atoms with van der Waals surface area (Å²) in [4.78, 5) is 13.5. The van der Waals surface area contributed by atoms with Crippen molar-refractivity contribution in [3.63, 3.8) is 0 Å². The van der Waals surface area contributed by atoms with E-state index in [0.29, 0.717) is 11.1 Å². The molecule has 0 aliphatic carbocycles. The van der Waals surface area contributed by atoms with Crippen LogP contribution in [-0.2, 0) is 0 Å². The molecule has 188 valence electrons. The van der Waals surface area contributed by atoms with E-state index in [1.54, 1.807) is 0 Å². The zero-order valence-electron chi connectivity index (χ0n) is 21.3. The number of phenols is 2. The molecule has 34 heavy (non-hydrogen) atoms. The fourth-order valence-electron chi connectivity index (χ4n) is 4.74. The van der Waals surface area contributed by atoms with Gasteiger partial charge in [0.1, 0.15) is 11.5 Å². The first-order valence-corrected chi connectivity index (χ1v) is 13.4.